The molecule has 1 atom stereocenters. The van der Waals surface area contributed by atoms with Crippen LogP contribution in [0, 0.1) is 0 Å². The van der Waals surface area contributed by atoms with Crippen molar-refractivity contribution in [1.82, 2.24) is 9.55 Å². The molecule has 4 aromatic rings. The molecule has 0 amide bonds. The summed E-state index contributed by atoms with van der Waals surface area (Å²) in [5, 5.41) is 3.03. The Morgan fingerprint density at radius 2 is 1.82 bits per heavy atom. The monoisotopic (exact) mass is 406 g/mol. The SMILES string of the molecule is C[C@@H](c1ccccc1)n1c(SCC(=O)c2cccs2)nc2ccccc2c1=O. The second-order valence-corrected chi connectivity index (χ2v) is 8.25. The van der Waals surface area contributed by atoms with Crippen LogP contribution in [-0.2, 0) is 0 Å². The molecule has 0 saturated carbocycles. The molecule has 0 unspecified atom stereocenters. The van der Waals surface area contributed by atoms with Gasteiger partial charge in [-0.15, -0.1) is 11.3 Å². The molecule has 140 valence electrons. The number of carbonyl (C=O) groups is 1. The van der Waals surface area contributed by atoms with Crippen molar-refractivity contribution in [1.29, 1.82) is 0 Å². The quantitative estimate of drug-likeness (QED) is 0.256. The number of rotatable bonds is 6. The van der Waals surface area contributed by atoms with Gasteiger partial charge in [-0.05, 0) is 36.1 Å². The Hall–Kier alpha value is -2.70. The van der Waals surface area contributed by atoms with Gasteiger partial charge in [-0.2, -0.15) is 0 Å². The molecule has 2 heterocycles. The first-order valence-corrected chi connectivity index (χ1v) is 10.8. The van der Waals surface area contributed by atoms with Crippen LogP contribution in [0.4, 0.5) is 0 Å². The van der Waals surface area contributed by atoms with Crippen molar-refractivity contribution in [2.75, 3.05) is 5.75 Å². The highest BCUT2D eigenvalue weighted by Gasteiger charge is 2.19. The average molecular weight is 407 g/mol. The molecule has 2 aromatic carbocycles. The number of aromatic nitrogens is 2. The van der Waals surface area contributed by atoms with Crippen LogP contribution < -0.4 is 5.56 Å². The zero-order chi connectivity index (χ0) is 19.5. The number of hydrogen-bond acceptors (Lipinski definition) is 5. The van der Waals surface area contributed by atoms with Crippen LogP contribution in [-0.4, -0.2) is 21.1 Å². The van der Waals surface area contributed by atoms with Crippen molar-refractivity contribution in [3.05, 3.63) is 92.9 Å². The van der Waals surface area contributed by atoms with E-state index in [0.717, 1.165) is 10.4 Å². The van der Waals surface area contributed by atoms with Crippen molar-refractivity contribution < 1.29 is 4.79 Å². The predicted molar refractivity (Wildman–Crippen MR) is 116 cm³/mol. The summed E-state index contributed by atoms with van der Waals surface area (Å²) >= 11 is 2.74. The van der Waals surface area contributed by atoms with Crippen LogP contribution >= 0.6 is 23.1 Å². The molecule has 0 aliphatic carbocycles. The predicted octanol–water partition coefficient (Wildman–Crippen LogP) is 5.04. The number of Topliss-reactive ketones (excluding diaryl/α,β-unsaturated/α-hetero) is 1. The molecule has 2 aromatic heterocycles. The van der Waals surface area contributed by atoms with Crippen LogP contribution in [0.2, 0.25) is 0 Å². The maximum Gasteiger partial charge on any atom is 0.262 e. The Balaban J connectivity index is 1.77. The summed E-state index contributed by atoms with van der Waals surface area (Å²) in [6.45, 7) is 1.98. The third kappa shape index (κ3) is 3.66. The minimum absolute atomic E-state index is 0.0429. The minimum atomic E-state index is -0.190. The Kier molecular flexibility index (Phi) is 5.41. The molecule has 28 heavy (non-hydrogen) atoms. The van der Waals surface area contributed by atoms with Gasteiger partial charge in [-0.3, -0.25) is 14.2 Å². The molecule has 0 bridgehead atoms. The van der Waals surface area contributed by atoms with Crippen molar-refractivity contribution in [3.63, 3.8) is 0 Å². The van der Waals surface area contributed by atoms with Gasteiger partial charge in [0.05, 0.1) is 27.6 Å². The Morgan fingerprint density at radius 3 is 2.57 bits per heavy atom. The lowest BCUT2D eigenvalue weighted by Crippen LogP contribution is -2.27. The van der Waals surface area contributed by atoms with E-state index in [1.807, 2.05) is 73.0 Å². The fourth-order valence-corrected chi connectivity index (χ4v) is 4.80. The van der Waals surface area contributed by atoms with E-state index in [1.165, 1.54) is 23.1 Å². The third-order valence-electron chi connectivity index (χ3n) is 4.57. The number of benzene rings is 2. The van der Waals surface area contributed by atoms with Gasteiger partial charge < -0.3 is 0 Å². The molecule has 0 spiro atoms. The average Bonchev–Trinajstić information content (AvgIpc) is 3.27. The second kappa shape index (κ2) is 8.12. The summed E-state index contributed by atoms with van der Waals surface area (Å²) in [6, 6.07) is 20.7. The summed E-state index contributed by atoms with van der Waals surface area (Å²) in [7, 11) is 0. The molecule has 6 heteroatoms. The van der Waals surface area contributed by atoms with E-state index in [4.69, 9.17) is 4.98 Å². The largest absolute Gasteiger partial charge is 0.292 e. The molecular formula is C22H18N2O2S2. The lowest BCUT2D eigenvalue weighted by atomic mass is 10.1. The number of hydrogen-bond donors (Lipinski definition) is 0. The minimum Gasteiger partial charge on any atom is -0.292 e. The molecule has 0 aliphatic rings. The molecule has 0 saturated heterocycles. The standard InChI is InChI=1S/C22H18N2O2S2/c1-15(16-8-3-2-4-9-16)24-21(26)17-10-5-6-11-18(17)23-22(24)28-14-19(25)20-12-7-13-27-20/h2-13,15H,14H2,1H3/t15-/m0/s1. The number of fused-ring (bicyclic) bond motifs is 1. The number of nitrogens with zero attached hydrogens (tertiary/aromatic N) is 2. The highest BCUT2D eigenvalue weighted by atomic mass is 32.2. The van der Waals surface area contributed by atoms with E-state index in [9.17, 15) is 9.59 Å². The Bertz CT molecular complexity index is 1170. The fourth-order valence-electron chi connectivity index (χ4n) is 3.09. The van der Waals surface area contributed by atoms with Crippen LogP contribution in [0.3, 0.4) is 0 Å². The first-order chi connectivity index (χ1) is 13.6. The molecule has 0 aliphatic heterocycles. The normalized spacial score (nSPS) is 12.2. The summed E-state index contributed by atoms with van der Waals surface area (Å²) in [5.74, 6) is 0.286. The van der Waals surface area contributed by atoms with Crippen molar-refractivity contribution >= 4 is 39.8 Å². The lowest BCUT2D eigenvalue weighted by molar-refractivity contribution is 0.102. The molecule has 4 rings (SSSR count). The molecular weight excluding hydrogens is 388 g/mol. The zero-order valence-electron chi connectivity index (χ0n) is 15.2. The molecule has 0 radical (unpaired) electrons. The first-order valence-electron chi connectivity index (χ1n) is 8.91. The Labute approximate surface area is 170 Å². The Morgan fingerprint density at radius 1 is 1.07 bits per heavy atom. The fraction of sp³-hybridized carbons (Fsp3) is 0.136. The van der Waals surface area contributed by atoms with E-state index < -0.39 is 0 Å². The van der Waals surface area contributed by atoms with E-state index in [1.54, 1.807) is 10.6 Å². The number of thioether (sulfide) groups is 1. The smallest absolute Gasteiger partial charge is 0.262 e. The topological polar surface area (TPSA) is 52.0 Å². The van der Waals surface area contributed by atoms with Crippen LogP contribution in [0.1, 0.15) is 28.2 Å². The second-order valence-electron chi connectivity index (χ2n) is 6.36. The van der Waals surface area contributed by atoms with Crippen molar-refractivity contribution in [2.24, 2.45) is 0 Å². The maximum atomic E-state index is 13.3. The number of thiophene rings is 1. The van der Waals surface area contributed by atoms with E-state index >= 15 is 0 Å². The van der Waals surface area contributed by atoms with Gasteiger partial charge in [0, 0.05) is 0 Å². The molecule has 4 nitrogen and oxygen atoms in total. The van der Waals surface area contributed by atoms with Crippen LogP contribution in [0.5, 0.6) is 0 Å². The number of carbonyl (C=O) groups excluding carboxylic acids is 1. The molecule has 0 N–H and O–H groups in total. The van der Waals surface area contributed by atoms with E-state index in [0.29, 0.717) is 16.1 Å². The zero-order valence-corrected chi connectivity index (χ0v) is 16.9. The summed E-state index contributed by atoms with van der Waals surface area (Å²) in [6.07, 6.45) is 0. The van der Waals surface area contributed by atoms with Gasteiger partial charge >= 0.3 is 0 Å². The maximum absolute atomic E-state index is 13.3. The number of para-hydroxylation sites is 1. The van der Waals surface area contributed by atoms with E-state index in [2.05, 4.69) is 0 Å². The first kappa shape index (κ1) is 18.7. The summed E-state index contributed by atoms with van der Waals surface area (Å²) < 4.78 is 1.70. The van der Waals surface area contributed by atoms with Gasteiger partial charge in [-0.1, -0.05) is 60.3 Å². The lowest BCUT2D eigenvalue weighted by Gasteiger charge is -2.19. The van der Waals surface area contributed by atoms with Crippen LogP contribution in [0.25, 0.3) is 10.9 Å². The summed E-state index contributed by atoms with van der Waals surface area (Å²) in [4.78, 5) is 31.2. The number of ketones is 1. The van der Waals surface area contributed by atoms with Crippen molar-refractivity contribution in [2.45, 2.75) is 18.1 Å². The van der Waals surface area contributed by atoms with Gasteiger partial charge in [-0.25, -0.2) is 4.98 Å². The summed E-state index contributed by atoms with van der Waals surface area (Å²) in [5.41, 5.74) is 1.58. The van der Waals surface area contributed by atoms with Crippen molar-refractivity contribution in [3.8, 4) is 0 Å². The van der Waals surface area contributed by atoms with Gasteiger partial charge in [0.15, 0.2) is 10.9 Å². The third-order valence-corrected chi connectivity index (χ3v) is 6.44. The highest BCUT2D eigenvalue weighted by Crippen LogP contribution is 2.26. The molecule has 0 fully saturated rings. The highest BCUT2D eigenvalue weighted by molar-refractivity contribution is 7.99. The van der Waals surface area contributed by atoms with Crippen LogP contribution in [0.15, 0.2) is 82.1 Å². The van der Waals surface area contributed by atoms with Gasteiger partial charge in [0.25, 0.3) is 5.56 Å². The van der Waals surface area contributed by atoms with E-state index in [-0.39, 0.29) is 23.1 Å². The van der Waals surface area contributed by atoms with Gasteiger partial charge in [0.2, 0.25) is 0 Å². The van der Waals surface area contributed by atoms with Gasteiger partial charge in [0.1, 0.15) is 0 Å².